The van der Waals surface area contributed by atoms with Gasteiger partial charge in [0.25, 0.3) is 0 Å². The molecule has 1 unspecified atom stereocenters. The Morgan fingerprint density at radius 2 is 1.51 bits per heavy atom. The van der Waals surface area contributed by atoms with Crippen LogP contribution in [0.2, 0.25) is 0 Å². The van der Waals surface area contributed by atoms with Gasteiger partial charge >= 0.3 is 0 Å². The predicted molar refractivity (Wildman–Crippen MR) is 178 cm³/mol. The maximum Gasteiger partial charge on any atom is 0.187 e. The second-order valence-corrected chi connectivity index (χ2v) is 19.0. The Morgan fingerprint density at radius 3 is 2.22 bits per heavy atom. The highest BCUT2D eigenvalue weighted by Crippen LogP contribution is 2.89. The minimum atomic E-state index is -1.70. The van der Waals surface area contributed by atoms with E-state index in [4.69, 9.17) is 28.4 Å². The maximum atomic E-state index is 12.3. The first-order chi connectivity index (χ1) is 24.0. The van der Waals surface area contributed by atoms with Gasteiger partial charge in [0.15, 0.2) is 18.9 Å². The van der Waals surface area contributed by atoms with E-state index >= 15 is 0 Å². The number of hydrogen-bond acceptors (Lipinski definition) is 13. The average molecular weight is 727 g/mol. The molecule has 3 aliphatic heterocycles. The van der Waals surface area contributed by atoms with Crippen LogP contribution in [0.25, 0.3) is 0 Å². The molecule has 292 valence electrons. The lowest BCUT2D eigenvalue weighted by atomic mass is 9.41. The third kappa shape index (κ3) is 5.06. The lowest BCUT2D eigenvalue weighted by Crippen LogP contribution is -2.64. The molecule has 0 amide bonds. The quantitative estimate of drug-likeness (QED) is 0.192. The summed E-state index contributed by atoms with van der Waals surface area (Å²) in [5.74, 6) is 1.35. The largest absolute Gasteiger partial charge is 0.394 e. The van der Waals surface area contributed by atoms with E-state index in [1.807, 2.05) is 0 Å². The van der Waals surface area contributed by atoms with Gasteiger partial charge in [0.05, 0.1) is 31.5 Å². The van der Waals surface area contributed by atoms with Crippen LogP contribution in [0, 0.1) is 50.7 Å². The summed E-state index contributed by atoms with van der Waals surface area (Å²) in [4.78, 5) is 0. The summed E-state index contributed by atoms with van der Waals surface area (Å²) in [7, 11) is 1.74. The van der Waals surface area contributed by atoms with Crippen LogP contribution in [0.1, 0.15) is 86.0 Å². The topological polar surface area (TPSA) is 197 Å². The van der Waals surface area contributed by atoms with Gasteiger partial charge in [-0.3, -0.25) is 0 Å². The molecule has 0 radical (unpaired) electrons. The molecule has 0 aromatic rings. The van der Waals surface area contributed by atoms with Gasteiger partial charge in [-0.15, -0.1) is 0 Å². The van der Waals surface area contributed by atoms with Crippen LogP contribution in [-0.2, 0) is 28.4 Å². The SMILES string of the molecule is CO[C@H]1C[C@@H](C)[C@H]2C(C[C@@]3(C)[C@@H]4C[C@H](O)[C@H]5C(C)(C)[C@@H](O[C@@H]6OC[C@@H](O)[C@H](O)[C@H]6O[C@@H]6O[C@H](CO)[C@@H](O)[C@H](O)[C@H]6O)CC[C@@]56C[C@@]46CC[C@]23C)O1. The molecule has 2 spiro atoms. The Kier molecular flexibility index (Phi) is 9.16. The Morgan fingerprint density at radius 1 is 0.765 bits per heavy atom. The molecule has 21 atom stereocenters. The van der Waals surface area contributed by atoms with E-state index in [0.717, 1.165) is 44.9 Å². The molecule has 7 N–H and O–H groups in total. The molecule has 0 aromatic carbocycles. The number of hydrogen-bond donors (Lipinski definition) is 7. The molecule has 5 saturated carbocycles. The molecule has 13 nitrogen and oxygen atoms in total. The Labute approximate surface area is 300 Å². The lowest BCUT2D eigenvalue weighted by molar-refractivity contribution is -0.366. The summed E-state index contributed by atoms with van der Waals surface area (Å²) in [6, 6.07) is 0. The number of aliphatic hydroxyl groups is 7. The van der Waals surface area contributed by atoms with Crippen LogP contribution >= 0.6 is 0 Å². The van der Waals surface area contributed by atoms with Gasteiger partial charge in [-0.2, -0.15) is 0 Å². The van der Waals surface area contributed by atoms with E-state index in [-0.39, 0.29) is 52.7 Å². The van der Waals surface area contributed by atoms with Crippen LogP contribution in [0.4, 0.5) is 0 Å². The number of aliphatic hydroxyl groups excluding tert-OH is 7. The molecular weight excluding hydrogens is 664 g/mol. The molecule has 0 bridgehead atoms. The summed E-state index contributed by atoms with van der Waals surface area (Å²) < 4.78 is 36.5. The monoisotopic (exact) mass is 726 g/mol. The average Bonchev–Trinajstić information content (AvgIpc) is 3.66. The molecule has 8 rings (SSSR count). The Hall–Kier alpha value is -0.520. The fraction of sp³-hybridized carbons (Fsp3) is 1.00. The van der Waals surface area contributed by atoms with Crippen molar-refractivity contribution in [1.29, 1.82) is 0 Å². The van der Waals surface area contributed by atoms with Crippen LogP contribution in [0.3, 0.4) is 0 Å². The summed E-state index contributed by atoms with van der Waals surface area (Å²) in [5, 5.41) is 74.8. The summed E-state index contributed by atoms with van der Waals surface area (Å²) in [5.41, 5.74) is -0.183. The van der Waals surface area contributed by atoms with Crippen LogP contribution in [-0.4, -0.2) is 136 Å². The van der Waals surface area contributed by atoms with E-state index in [1.54, 1.807) is 7.11 Å². The molecule has 5 aliphatic carbocycles. The van der Waals surface area contributed by atoms with Gasteiger partial charge in [0.2, 0.25) is 0 Å². The second-order valence-electron chi connectivity index (χ2n) is 19.0. The summed E-state index contributed by atoms with van der Waals surface area (Å²) in [6.07, 6.45) is -6.19. The zero-order valence-corrected chi connectivity index (χ0v) is 31.0. The third-order valence-corrected chi connectivity index (χ3v) is 16.7. The van der Waals surface area contributed by atoms with E-state index in [1.165, 1.54) is 0 Å². The third-order valence-electron chi connectivity index (χ3n) is 16.7. The predicted octanol–water partition coefficient (Wildman–Crippen LogP) is 1.05. The van der Waals surface area contributed by atoms with Crippen molar-refractivity contribution < 1.29 is 64.2 Å². The van der Waals surface area contributed by atoms with Crippen LogP contribution in [0.5, 0.6) is 0 Å². The van der Waals surface area contributed by atoms with Crippen molar-refractivity contribution in [3.8, 4) is 0 Å². The molecule has 8 fully saturated rings. The second kappa shape index (κ2) is 12.5. The standard InChI is InChI=1S/C38H62O13/c1-17-11-24(46-6)48-20-13-36(5)22-12-18(40)31-34(2,3)23(7-8-38(31)16-37(22,38)10-9-35(36,4)25(17)20)50-33-30(26(42)19(41)15-47-33)51-32-29(45)28(44)27(43)21(14-39)49-32/h17-33,39-45H,7-16H2,1-6H3/t17-,18+,19-,20?,21-,22+,23+,24-,25+,26+,27-,28+,29-,30-,31+,32+,33+,35-,36+,37+,38-/m1/s1. The van der Waals surface area contributed by atoms with Crippen molar-refractivity contribution in [3.63, 3.8) is 0 Å². The molecule has 8 aliphatic rings. The van der Waals surface area contributed by atoms with E-state index in [0.29, 0.717) is 24.2 Å². The van der Waals surface area contributed by atoms with E-state index in [2.05, 4.69) is 34.6 Å². The number of fused-ring (bicyclic) bond motifs is 4. The summed E-state index contributed by atoms with van der Waals surface area (Å²) in [6.45, 7) is 10.9. The fourth-order valence-electron chi connectivity index (χ4n) is 14.2. The molecule has 3 saturated heterocycles. The normalized spacial score (nSPS) is 60.3. The lowest BCUT2D eigenvalue weighted by Gasteiger charge is -2.64. The van der Waals surface area contributed by atoms with Gasteiger partial charge < -0.3 is 64.2 Å². The van der Waals surface area contributed by atoms with Gasteiger partial charge in [0.1, 0.15) is 42.7 Å². The molecular formula is C38H62O13. The highest BCUT2D eigenvalue weighted by atomic mass is 16.8. The molecule has 0 aromatic heterocycles. The zero-order chi connectivity index (χ0) is 36.6. The van der Waals surface area contributed by atoms with Crippen molar-refractivity contribution in [2.24, 2.45) is 50.7 Å². The molecule has 51 heavy (non-hydrogen) atoms. The highest BCUT2D eigenvalue weighted by Gasteiger charge is 2.84. The molecule has 3 heterocycles. The maximum absolute atomic E-state index is 12.3. The Bertz CT molecular complexity index is 1320. The van der Waals surface area contributed by atoms with Crippen molar-refractivity contribution in [2.45, 2.75) is 166 Å². The van der Waals surface area contributed by atoms with Crippen molar-refractivity contribution >= 4 is 0 Å². The smallest absolute Gasteiger partial charge is 0.187 e. The molecule has 13 heteroatoms. The highest BCUT2D eigenvalue weighted by molar-refractivity contribution is 5.32. The van der Waals surface area contributed by atoms with Crippen molar-refractivity contribution in [1.82, 2.24) is 0 Å². The zero-order valence-electron chi connectivity index (χ0n) is 31.0. The number of methoxy groups -OCH3 is 1. The number of rotatable bonds is 6. The first-order valence-electron chi connectivity index (χ1n) is 19.4. The van der Waals surface area contributed by atoms with Gasteiger partial charge in [-0.05, 0) is 95.7 Å². The van der Waals surface area contributed by atoms with Crippen LogP contribution in [0.15, 0.2) is 0 Å². The number of ether oxygens (including phenoxy) is 6. The van der Waals surface area contributed by atoms with Gasteiger partial charge in [0, 0.05) is 13.5 Å². The van der Waals surface area contributed by atoms with Crippen molar-refractivity contribution in [3.05, 3.63) is 0 Å². The summed E-state index contributed by atoms with van der Waals surface area (Å²) >= 11 is 0. The Balaban J connectivity index is 1.02. The fourth-order valence-corrected chi connectivity index (χ4v) is 14.2. The van der Waals surface area contributed by atoms with Crippen LogP contribution < -0.4 is 0 Å². The van der Waals surface area contributed by atoms with Gasteiger partial charge in [-0.1, -0.05) is 34.6 Å². The van der Waals surface area contributed by atoms with E-state index < -0.39 is 73.4 Å². The van der Waals surface area contributed by atoms with Crippen molar-refractivity contribution in [2.75, 3.05) is 20.3 Å². The minimum absolute atomic E-state index is 0.00626. The first kappa shape index (κ1) is 37.4. The first-order valence-corrected chi connectivity index (χ1v) is 19.4. The van der Waals surface area contributed by atoms with Gasteiger partial charge in [-0.25, -0.2) is 0 Å². The van der Waals surface area contributed by atoms with E-state index in [9.17, 15) is 35.7 Å². The minimum Gasteiger partial charge on any atom is -0.394 e.